The van der Waals surface area contributed by atoms with Crippen molar-refractivity contribution in [1.82, 2.24) is 14.5 Å². The van der Waals surface area contributed by atoms with Crippen LogP contribution in [0.25, 0.3) is 10.9 Å². The van der Waals surface area contributed by atoms with Crippen molar-refractivity contribution in [3.63, 3.8) is 0 Å². The highest BCUT2D eigenvalue weighted by Crippen LogP contribution is 2.40. The van der Waals surface area contributed by atoms with Crippen molar-refractivity contribution in [3.05, 3.63) is 110 Å². The largest absolute Gasteiger partial charge is 0.492 e. The third-order valence-corrected chi connectivity index (χ3v) is 8.02. The van der Waals surface area contributed by atoms with E-state index in [4.69, 9.17) is 38.1 Å². The number of thiazole rings is 1. The Morgan fingerprint density at radius 2 is 1.77 bits per heavy atom. The molecule has 1 aliphatic heterocycles. The summed E-state index contributed by atoms with van der Waals surface area (Å²) in [6, 6.07) is 19.9. The van der Waals surface area contributed by atoms with Gasteiger partial charge >= 0.3 is 6.09 Å². The Morgan fingerprint density at radius 3 is 2.51 bits per heavy atom. The molecule has 3 aromatic carbocycles. The van der Waals surface area contributed by atoms with Crippen LogP contribution in [0.2, 0.25) is 10.0 Å². The molecular formula is C29H24Cl2N4O3S. The Balaban J connectivity index is 1.29. The predicted octanol–water partition coefficient (Wildman–Crippen LogP) is 7.04. The van der Waals surface area contributed by atoms with Crippen LogP contribution < -0.4 is 14.3 Å². The van der Waals surface area contributed by atoms with Crippen LogP contribution in [-0.2, 0) is 13.0 Å². The highest BCUT2D eigenvalue weighted by Gasteiger charge is 2.35. The average Bonchev–Trinajstić information content (AvgIpc) is 3.52. The molecule has 6 rings (SSSR count). The second-order valence-corrected chi connectivity index (χ2v) is 11.0. The summed E-state index contributed by atoms with van der Waals surface area (Å²) >= 11 is 13.7. The van der Waals surface area contributed by atoms with E-state index in [-0.39, 0.29) is 6.04 Å². The summed E-state index contributed by atoms with van der Waals surface area (Å²) in [6.45, 7) is 1.52. The Labute approximate surface area is 238 Å². The fourth-order valence-electron chi connectivity index (χ4n) is 4.95. The first kappa shape index (κ1) is 25.6. The second-order valence-electron chi connectivity index (χ2n) is 9.19. The van der Waals surface area contributed by atoms with Crippen molar-refractivity contribution < 1.29 is 14.3 Å². The molecule has 7 nitrogen and oxygen atoms in total. The Morgan fingerprint density at radius 1 is 1.03 bits per heavy atom. The summed E-state index contributed by atoms with van der Waals surface area (Å²) in [5, 5.41) is 12.1. The second kappa shape index (κ2) is 10.8. The number of aromatic amines is 1. The molecule has 0 fully saturated rings. The minimum Gasteiger partial charge on any atom is -0.492 e. The number of aromatic nitrogens is 2. The summed E-state index contributed by atoms with van der Waals surface area (Å²) in [5.74, 6) is 1.15. The normalized spacial score (nSPS) is 14.8. The maximum atomic E-state index is 13.5. The molecule has 0 saturated heterocycles. The number of nitrogens with zero attached hydrogens (tertiary/aromatic N) is 2. The lowest BCUT2D eigenvalue weighted by molar-refractivity contribution is 0.135. The first-order valence-corrected chi connectivity index (χ1v) is 14.0. The topological polar surface area (TPSA) is 83.3 Å². The highest BCUT2D eigenvalue weighted by atomic mass is 35.5. The van der Waals surface area contributed by atoms with Crippen LogP contribution in [0.3, 0.4) is 0 Å². The molecule has 1 amide bonds. The van der Waals surface area contributed by atoms with Gasteiger partial charge in [-0.2, -0.15) is 0 Å². The number of amides is 1. The Hall–Kier alpha value is -3.72. The molecule has 0 saturated carbocycles. The van der Waals surface area contributed by atoms with Gasteiger partial charge in [0.15, 0.2) is 4.80 Å². The number of nitrogens with one attached hydrogen (secondary N) is 2. The minimum absolute atomic E-state index is 0.388. The van der Waals surface area contributed by atoms with Crippen LogP contribution in [0, 0.1) is 5.41 Å². The van der Waals surface area contributed by atoms with Gasteiger partial charge in [-0.3, -0.25) is 10.3 Å². The van der Waals surface area contributed by atoms with Gasteiger partial charge in [-0.15, -0.1) is 11.3 Å². The minimum atomic E-state index is -0.441. The number of hydrogen-bond donors (Lipinski definition) is 2. The first-order chi connectivity index (χ1) is 19.0. The number of halogens is 2. The number of fused-ring (bicyclic) bond motifs is 3. The van der Waals surface area contributed by atoms with Crippen LogP contribution in [0.15, 0.2) is 78.3 Å². The van der Waals surface area contributed by atoms with Gasteiger partial charge in [0.25, 0.3) is 0 Å². The Kier molecular flexibility index (Phi) is 7.08. The van der Waals surface area contributed by atoms with E-state index in [1.54, 1.807) is 29.2 Å². The van der Waals surface area contributed by atoms with E-state index in [2.05, 4.69) is 4.98 Å². The van der Waals surface area contributed by atoms with Gasteiger partial charge in [-0.25, -0.2) is 4.79 Å². The van der Waals surface area contributed by atoms with Crippen LogP contribution in [0.5, 0.6) is 11.5 Å². The number of benzene rings is 3. The van der Waals surface area contributed by atoms with Crippen molar-refractivity contribution in [2.24, 2.45) is 0 Å². The SMILES string of the molecule is N=c1sccn1CCOc1ccc(C2c3[nH]c4ccc(Cl)cc4c3CCN2C(=O)Oc2ccc(Cl)cc2)cc1. The van der Waals surface area contributed by atoms with E-state index in [9.17, 15) is 4.79 Å². The van der Waals surface area contributed by atoms with Gasteiger partial charge in [0.2, 0.25) is 0 Å². The lowest BCUT2D eigenvalue weighted by atomic mass is 9.92. The number of rotatable bonds is 6. The third kappa shape index (κ3) is 5.28. The first-order valence-electron chi connectivity index (χ1n) is 12.4. The van der Waals surface area contributed by atoms with Crippen LogP contribution in [-0.4, -0.2) is 33.7 Å². The fourth-order valence-corrected chi connectivity index (χ4v) is 5.88. The van der Waals surface area contributed by atoms with Gasteiger partial charge in [0.05, 0.1) is 6.54 Å². The van der Waals surface area contributed by atoms with Crippen molar-refractivity contribution in [3.8, 4) is 11.5 Å². The summed E-state index contributed by atoms with van der Waals surface area (Å²) in [5.41, 5.74) is 3.99. The number of ether oxygens (including phenoxy) is 2. The predicted molar refractivity (Wildman–Crippen MR) is 153 cm³/mol. The molecule has 198 valence electrons. The molecule has 1 aliphatic rings. The fraction of sp³-hybridized carbons (Fsp3) is 0.172. The van der Waals surface area contributed by atoms with Gasteiger partial charge in [0, 0.05) is 44.8 Å². The molecule has 3 heterocycles. The molecule has 10 heteroatoms. The number of H-pyrrole nitrogens is 1. The molecule has 2 aromatic heterocycles. The number of carbonyl (C=O) groups excluding carboxylic acids is 1. The number of carbonyl (C=O) groups is 1. The maximum Gasteiger partial charge on any atom is 0.416 e. The van der Waals surface area contributed by atoms with E-state index in [1.165, 1.54) is 11.3 Å². The summed E-state index contributed by atoms with van der Waals surface area (Å²) in [6.07, 6.45) is 2.11. The lowest BCUT2D eigenvalue weighted by Gasteiger charge is -2.35. The maximum absolute atomic E-state index is 13.5. The number of hydrogen-bond acceptors (Lipinski definition) is 5. The van der Waals surface area contributed by atoms with Crippen molar-refractivity contribution in [2.75, 3.05) is 13.2 Å². The van der Waals surface area contributed by atoms with Crippen molar-refractivity contribution in [2.45, 2.75) is 19.0 Å². The molecular weight excluding hydrogens is 555 g/mol. The Bertz CT molecular complexity index is 1690. The smallest absolute Gasteiger partial charge is 0.416 e. The van der Waals surface area contributed by atoms with Gasteiger partial charge in [-0.05, 0) is 72.1 Å². The lowest BCUT2D eigenvalue weighted by Crippen LogP contribution is -2.42. The quantitative estimate of drug-likeness (QED) is 0.226. The third-order valence-electron chi connectivity index (χ3n) is 6.82. The molecule has 1 unspecified atom stereocenters. The molecule has 39 heavy (non-hydrogen) atoms. The standard InChI is InChI=1S/C29H24Cl2N4O3S/c30-19-3-8-22(9-4-19)38-29(36)35-12-11-23-24-17-20(31)5-10-25(24)33-26(23)27(35)18-1-6-21(7-2-18)37-15-13-34-14-16-39-28(34)32/h1-10,14,16-17,27,32-33H,11-13,15H2. The molecule has 0 bridgehead atoms. The zero-order chi connectivity index (χ0) is 26.9. The average molecular weight is 580 g/mol. The van der Waals surface area contributed by atoms with Crippen molar-refractivity contribution in [1.29, 1.82) is 5.41 Å². The van der Waals surface area contributed by atoms with Crippen LogP contribution in [0.1, 0.15) is 22.9 Å². The van der Waals surface area contributed by atoms with E-state index in [0.29, 0.717) is 46.7 Å². The van der Waals surface area contributed by atoms with E-state index >= 15 is 0 Å². The zero-order valence-electron chi connectivity index (χ0n) is 20.7. The molecule has 5 aromatic rings. The summed E-state index contributed by atoms with van der Waals surface area (Å²) in [7, 11) is 0. The van der Waals surface area contributed by atoms with E-state index in [1.807, 2.05) is 58.6 Å². The molecule has 1 atom stereocenters. The van der Waals surface area contributed by atoms with Gasteiger partial charge in [-0.1, -0.05) is 35.3 Å². The van der Waals surface area contributed by atoms with E-state index in [0.717, 1.165) is 33.5 Å². The monoisotopic (exact) mass is 578 g/mol. The molecule has 0 aliphatic carbocycles. The molecule has 0 spiro atoms. The summed E-state index contributed by atoms with van der Waals surface area (Å²) in [4.78, 5) is 19.2. The van der Waals surface area contributed by atoms with Crippen molar-refractivity contribution >= 4 is 51.5 Å². The van der Waals surface area contributed by atoms with E-state index < -0.39 is 6.09 Å². The summed E-state index contributed by atoms with van der Waals surface area (Å²) < 4.78 is 13.5. The van der Waals surface area contributed by atoms with Gasteiger partial charge in [0.1, 0.15) is 24.1 Å². The molecule has 0 radical (unpaired) electrons. The zero-order valence-corrected chi connectivity index (χ0v) is 23.0. The molecule has 2 N–H and O–H groups in total. The van der Waals surface area contributed by atoms with Crippen LogP contribution in [0.4, 0.5) is 4.79 Å². The van der Waals surface area contributed by atoms with Gasteiger partial charge < -0.3 is 19.0 Å². The van der Waals surface area contributed by atoms with Crippen LogP contribution >= 0.6 is 34.5 Å². The highest BCUT2D eigenvalue weighted by molar-refractivity contribution is 7.06.